The highest BCUT2D eigenvalue weighted by atomic mass is 16.7. The van der Waals surface area contributed by atoms with Crippen molar-refractivity contribution in [3.05, 3.63) is 41.7 Å². The molecule has 14 nitrogen and oxygen atoms in total. The Bertz CT molecular complexity index is 1400. The van der Waals surface area contributed by atoms with Crippen LogP contribution in [0.1, 0.15) is 35.4 Å². The zero-order chi connectivity index (χ0) is 30.8. The minimum atomic E-state index is -1.30. The van der Waals surface area contributed by atoms with E-state index in [4.69, 9.17) is 32.4 Å². The van der Waals surface area contributed by atoms with Gasteiger partial charge >= 0.3 is 0 Å². The van der Waals surface area contributed by atoms with Gasteiger partial charge in [0.2, 0.25) is 0 Å². The Hall–Kier alpha value is -2.76. The average molecular weight is 601 g/mol. The molecule has 0 bridgehead atoms. The van der Waals surface area contributed by atoms with Crippen molar-refractivity contribution in [3.8, 4) is 0 Å². The first kappa shape index (κ1) is 31.7. The molecule has 14 N–H and O–H groups in total. The number of aryl methyl sites for hydroxylation is 1. The number of fused-ring (bicyclic) bond motifs is 3. The van der Waals surface area contributed by atoms with Gasteiger partial charge in [0.1, 0.15) is 24.0 Å². The van der Waals surface area contributed by atoms with Gasteiger partial charge in [-0.2, -0.15) is 0 Å². The second-order valence-corrected chi connectivity index (χ2v) is 11.6. The zero-order valence-corrected chi connectivity index (χ0v) is 24.2. The fourth-order valence-corrected chi connectivity index (χ4v) is 6.09. The number of benzene rings is 1. The van der Waals surface area contributed by atoms with E-state index in [1.54, 1.807) is 0 Å². The van der Waals surface area contributed by atoms with Gasteiger partial charge in [-0.3, -0.25) is 4.79 Å². The van der Waals surface area contributed by atoms with Crippen molar-refractivity contribution in [2.24, 2.45) is 22.9 Å². The van der Waals surface area contributed by atoms with Crippen molar-refractivity contribution in [2.75, 3.05) is 19.6 Å². The number of rotatable bonds is 10. The van der Waals surface area contributed by atoms with Gasteiger partial charge in [-0.25, -0.2) is 4.98 Å². The normalized spacial score (nSPS) is 33.2. The molecule has 5 rings (SSSR count). The molecule has 1 saturated carbocycles. The van der Waals surface area contributed by atoms with E-state index < -0.39 is 61.0 Å². The third kappa shape index (κ3) is 6.54. The van der Waals surface area contributed by atoms with Gasteiger partial charge in [-0.1, -0.05) is 18.2 Å². The molecule has 1 aliphatic carbocycles. The molecule has 236 valence electrons. The number of nitrogens with two attached hydrogens (primary N) is 4. The van der Waals surface area contributed by atoms with E-state index in [1.807, 2.05) is 37.3 Å². The van der Waals surface area contributed by atoms with Crippen LogP contribution in [0.5, 0.6) is 0 Å². The van der Waals surface area contributed by atoms with Gasteiger partial charge in [-0.05, 0) is 44.9 Å². The van der Waals surface area contributed by atoms with E-state index in [-0.39, 0.29) is 12.5 Å². The summed E-state index contributed by atoms with van der Waals surface area (Å²) in [6.07, 6.45) is -4.55. The Morgan fingerprint density at radius 1 is 1.07 bits per heavy atom. The van der Waals surface area contributed by atoms with Crippen LogP contribution in [0.25, 0.3) is 21.8 Å². The number of H-pyrrole nitrogens is 1. The summed E-state index contributed by atoms with van der Waals surface area (Å²) < 4.78 is 11.8. The fraction of sp³-hybridized carbons (Fsp3) is 0.586. The van der Waals surface area contributed by atoms with Crippen LogP contribution in [0.2, 0.25) is 0 Å². The molecule has 0 unspecified atom stereocenters. The van der Waals surface area contributed by atoms with Crippen LogP contribution in [0.4, 0.5) is 0 Å². The summed E-state index contributed by atoms with van der Waals surface area (Å²) in [5, 5.41) is 39.7. The Morgan fingerprint density at radius 2 is 1.81 bits per heavy atom. The van der Waals surface area contributed by atoms with Crippen molar-refractivity contribution in [3.63, 3.8) is 0 Å². The summed E-state index contributed by atoms with van der Waals surface area (Å²) in [6.45, 7) is 2.76. The maximum absolute atomic E-state index is 12.9. The SMILES string of the molecule is Cc1nc(C(=O)NCCCCN[C@H]2[C@@H](O)[C@H](N)C[C@H](N)[C@H]2O[C@@H]2O[C@H](CN)[C@@H](O)[C@H](O)[C@H]2N)cc2c1[nH]c1ccccc12. The second kappa shape index (κ2) is 13.5. The number of para-hydroxylation sites is 1. The Kier molecular flexibility index (Phi) is 9.93. The Labute approximate surface area is 249 Å². The summed E-state index contributed by atoms with van der Waals surface area (Å²) in [6, 6.07) is 6.95. The molecule has 0 radical (unpaired) electrons. The number of unbranched alkanes of at least 4 members (excludes halogenated alkanes) is 1. The summed E-state index contributed by atoms with van der Waals surface area (Å²) in [5.41, 5.74) is 27.3. The molecule has 1 aliphatic heterocycles. The Balaban J connectivity index is 1.14. The van der Waals surface area contributed by atoms with Gasteiger partial charge in [0.05, 0.1) is 35.5 Å². The van der Waals surface area contributed by atoms with Crippen LogP contribution in [0.3, 0.4) is 0 Å². The first-order valence-electron chi connectivity index (χ1n) is 14.8. The van der Waals surface area contributed by atoms with Crippen molar-refractivity contribution >= 4 is 27.7 Å². The van der Waals surface area contributed by atoms with E-state index in [2.05, 4.69) is 20.6 Å². The number of aliphatic hydroxyl groups is 3. The lowest BCUT2D eigenvalue weighted by Gasteiger charge is -2.47. The lowest BCUT2D eigenvalue weighted by atomic mass is 9.82. The molecule has 2 aliphatic rings. The number of aromatic nitrogens is 2. The van der Waals surface area contributed by atoms with Crippen molar-refractivity contribution < 1.29 is 29.6 Å². The van der Waals surface area contributed by atoms with Crippen LogP contribution in [-0.4, -0.2) is 112 Å². The number of hydrogen-bond donors (Lipinski definition) is 10. The fourth-order valence-electron chi connectivity index (χ4n) is 6.09. The first-order valence-corrected chi connectivity index (χ1v) is 14.8. The van der Waals surface area contributed by atoms with Crippen LogP contribution in [0.15, 0.2) is 30.3 Å². The van der Waals surface area contributed by atoms with E-state index in [0.717, 1.165) is 27.5 Å². The molecule has 3 heterocycles. The zero-order valence-electron chi connectivity index (χ0n) is 24.2. The molecule has 14 heteroatoms. The van der Waals surface area contributed by atoms with Gasteiger partial charge in [0.25, 0.3) is 5.91 Å². The molecular weight excluding hydrogens is 556 g/mol. The third-order valence-electron chi connectivity index (χ3n) is 8.58. The number of pyridine rings is 1. The number of aliphatic hydroxyl groups excluding tert-OH is 3. The summed E-state index contributed by atoms with van der Waals surface area (Å²) in [7, 11) is 0. The smallest absolute Gasteiger partial charge is 0.269 e. The molecule has 1 aromatic carbocycles. The third-order valence-corrected chi connectivity index (χ3v) is 8.58. The molecular formula is C29H44N8O6. The van der Waals surface area contributed by atoms with E-state index in [9.17, 15) is 20.1 Å². The maximum Gasteiger partial charge on any atom is 0.269 e. The van der Waals surface area contributed by atoms with Gasteiger partial charge in [0.15, 0.2) is 6.29 Å². The molecule has 10 atom stereocenters. The lowest BCUT2D eigenvalue weighted by Crippen LogP contribution is -2.69. The standard InChI is InChI=1S/C29H44N8O6/c1-13-22-15(14-6-2-3-7-18(14)37-22)10-19(36-13)28(41)35-9-5-4-8-34-23-24(38)16(31)11-17(32)27(23)43-29-21(33)26(40)25(39)20(12-30)42-29/h2-3,6-7,10,16-17,20-21,23-27,29,34,37-40H,4-5,8-9,11-12,30-33H2,1H3,(H,35,41)/t16-,17+,20-,21-,23+,24+,25-,26-,27-,29+/m1/s1. The number of amides is 1. The minimum absolute atomic E-state index is 0.0411. The van der Waals surface area contributed by atoms with E-state index in [1.165, 1.54) is 0 Å². The summed E-state index contributed by atoms with van der Waals surface area (Å²) in [5.74, 6) is -0.247. The number of nitrogens with zero attached hydrogens (tertiary/aromatic N) is 1. The minimum Gasteiger partial charge on any atom is -0.390 e. The quantitative estimate of drug-likeness (QED) is 0.114. The number of nitrogens with one attached hydrogen (secondary N) is 3. The van der Waals surface area contributed by atoms with Crippen LogP contribution >= 0.6 is 0 Å². The van der Waals surface area contributed by atoms with Crippen molar-refractivity contribution in [1.82, 2.24) is 20.6 Å². The van der Waals surface area contributed by atoms with Gasteiger partial charge < -0.3 is 63.3 Å². The molecule has 1 saturated heterocycles. The van der Waals surface area contributed by atoms with Crippen molar-refractivity contribution in [1.29, 1.82) is 0 Å². The highest BCUT2D eigenvalue weighted by Gasteiger charge is 2.48. The Morgan fingerprint density at radius 3 is 2.58 bits per heavy atom. The first-order chi connectivity index (χ1) is 20.6. The summed E-state index contributed by atoms with van der Waals surface area (Å²) in [4.78, 5) is 20.8. The molecule has 3 aromatic rings. The molecule has 2 aromatic heterocycles. The predicted octanol–water partition coefficient (Wildman–Crippen LogP) is -1.97. The van der Waals surface area contributed by atoms with Gasteiger partial charge in [0, 0.05) is 41.5 Å². The summed E-state index contributed by atoms with van der Waals surface area (Å²) >= 11 is 0. The van der Waals surface area contributed by atoms with Gasteiger partial charge in [-0.15, -0.1) is 0 Å². The molecule has 0 spiro atoms. The number of hydrogen-bond acceptors (Lipinski definition) is 12. The topological polar surface area (TPSA) is 253 Å². The molecule has 1 amide bonds. The predicted molar refractivity (Wildman–Crippen MR) is 161 cm³/mol. The number of aromatic amines is 1. The van der Waals surface area contributed by atoms with Crippen LogP contribution in [0, 0.1) is 6.92 Å². The second-order valence-electron chi connectivity index (χ2n) is 11.6. The monoisotopic (exact) mass is 600 g/mol. The highest BCUT2D eigenvalue weighted by molar-refractivity contribution is 6.10. The van der Waals surface area contributed by atoms with Crippen LogP contribution in [-0.2, 0) is 9.47 Å². The number of ether oxygens (including phenoxy) is 2. The van der Waals surface area contributed by atoms with E-state index >= 15 is 0 Å². The highest BCUT2D eigenvalue weighted by Crippen LogP contribution is 2.28. The molecule has 2 fully saturated rings. The molecule has 43 heavy (non-hydrogen) atoms. The van der Waals surface area contributed by atoms with E-state index in [0.29, 0.717) is 38.0 Å². The number of carbonyl (C=O) groups excluding carboxylic acids is 1. The van der Waals surface area contributed by atoms with Crippen molar-refractivity contribution in [2.45, 2.75) is 87.2 Å². The van der Waals surface area contributed by atoms with Crippen LogP contribution < -0.4 is 33.6 Å². The largest absolute Gasteiger partial charge is 0.390 e. The average Bonchev–Trinajstić information content (AvgIpc) is 3.38. The number of carbonyl (C=O) groups is 1. The maximum atomic E-state index is 12.9. The lowest BCUT2D eigenvalue weighted by molar-refractivity contribution is -0.279.